The van der Waals surface area contributed by atoms with E-state index in [0.29, 0.717) is 43.6 Å². The SMILES string of the molecule is CC(C)(O)Oc1ccc(Cc2cc([C@@H]3O[C@H](COCc4ccccc4)[C@@H](OCc4ccccc4)[C@H](OCc4ccccc4)[C@H]3OCc3ccccc3)ccc2Cl)cc1. The third-order valence-corrected chi connectivity index (χ3v) is 10.3. The van der Waals surface area contributed by atoms with Gasteiger partial charge in [-0.3, -0.25) is 0 Å². The summed E-state index contributed by atoms with van der Waals surface area (Å²) in [5.74, 6) is -0.701. The maximum Gasteiger partial charge on any atom is 0.202 e. The lowest BCUT2D eigenvalue weighted by molar-refractivity contribution is -0.275. The molecule has 5 atom stereocenters. The Bertz CT molecular complexity index is 2110. The lowest BCUT2D eigenvalue weighted by atomic mass is 9.89. The maximum atomic E-state index is 10.1. The highest BCUT2D eigenvalue weighted by Gasteiger charge is 2.49. The zero-order chi connectivity index (χ0) is 40.2. The minimum Gasteiger partial charge on any atom is -0.463 e. The molecule has 0 bridgehead atoms. The van der Waals surface area contributed by atoms with E-state index in [1.165, 1.54) is 0 Å². The molecular formula is C50H51ClO7. The van der Waals surface area contributed by atoms with Gasteiger partial charge in [-0.15, -0.1) is 0 Å². The fourth-order valence-corrected chi connectivity index (χ4v) is 7.33. The first-order valence-electron chi connectivity index (χ1n) is 19.8. The normalized spacial score (nSPS) is 19.5. The molecule has 6 aromatic carbocycles. The van der Waals surface area contributed by atoms with Gasteiger partial charge in [0.05, 0.1) is 33.0 Å². The van der Waals surface area contributed by atoms with Crippen LogP contribution < -0.4 is 4.74 Å². The number of aliphatic hydroxyl groups is 1. The Hall–Kier alpha value is -4.83. The van der Waals surface area contributed by atoms with E-state index in [-0.39, 0.29) is 6.61 Å². The number of rotatable bonds is 18. The molecule has 0 radical (unpaired) electrons. The summed E-state index contributed by atoms with van der Waals surface area (Å²) in [6.07, 6.45) is -2.20. The highest BCUT2D eigenvalue weighted by molar-refractivity contribution is 6.31. The van der Waals surface area contributed by atoms with Crippen molar-refractivity contribution < 1.29 is 33.5 Å². The van der Waals surface area contributed by atoms with Gasteiger partial charge < -0.3 is 33.5 Å². The van der Waals surface area contributed by atoms with E-state index in [1.54, 1.807) is 13.8 Å². The van der Waals surface area contributed by atoms with Crippen LogP contribution in [0.5, 0.6) is 5.75 Å². The van der Waals surface area contributed by atoms with Crippen molar-refractivity contribution in [2.75, 3.05) is 6.61 Å². The van der Waals surface area contributed by atoms with Crippen molar-refractivity contribution >= 4 is 11.6 Å². The van der Waals surface area contributed by atoms with Crippen LogP contribution >= 0.6 is 11.6 Å². The number of hydrogen-bond acceptors (Lipinski definition) is 7. The third-order valence-electron chi connectivity index (χ3n) is 9.97. The van der Waals surface area contributed by atoms with Crippen LogP contribution in [0.3, 0.4) is 0 Å². The average Bonchev–Trinajstić information content (AvgIpc) is 3.24. The zero-order valence-electron chi connectivity index (χ0n) is 33.0. The first-order valence-corrected chi connectivity index (χ1v) is 20.2. The van der Waals surface area contributed by atoms with Gasteiger partial charge in [0.15, 0.2) is 0 Å². The predicted molar refractivity (Wildman–Crippen MR) is 226 cm³/mol. The van der Waals surface area contributed by atoms with E-state index in [0.717, 1.165) is 38.9 Å². The maximum absolute atomic E-state index is 10.1. The third kappa shape index (κ3) is 11.9. The first kappa shape index (κ1) is 41.3. The second-order valence-corrected chi connectivity index (χ2v) is 15.5. The zero-order valence-corrected chi connectivity index (χ0v) is 33.7. The molecule has 1 heterocycles. The topological polar surface area (TPSA) is 75.6 Å². The van der Waals surface area contributed by atoms with Crippen LogP contribution in [-0.4, -0.2) is 41.9 Å². The molecule has 1 fully saturated rings. The van der Waals surface area contributed by atoms with E-state index in [9.17, 15) is 5.11 Å². The second kappa shape index (κ2) is 20.2. The van der Waals surface area contributed by atoms with E-state index >= 15 is 0 Å². The smallest absolute Gasteiger partial charge is 0.202 e. The van der Waals surface area contributed by atoms with Gasteiger partial charge in [-0.25, -0.2) is 0 Å². The van der Waals surface area contributed by atoms with Crippen molar-refractivity contribution in [3.63, 3.8) is 0 Å². The van der Waals surface area contributed by atoms with Gasteiger partial charge in [-0.1, -0.05) is 157 Å². The van der Waals surface area contributed by atoms with Crippen molar-refractivity contribution in [3.05, 3.63) is 208 Å². The Kier molecular flexibility index (Phi) is 14.4. The van der Waals surface area contributed by atoms with Crippen LogP contribution in [0, 0.1) is 0 Å². The van der Waals surface area contributed by atoms with Gasteiger partial charge in [-0.2, -0.15) is 0 Å². The van der Waals surface area contributed by atoms with Gasteiger partial charge in [0.2, 0.25) is 5.79 Å². The average molecular weight is 799 g/mol. The van der Waals surface area contributed by atoms with E-state index in [2.05, 4.69) is 54.6 Å². The summed E-state index contributed by atoms with van der Waals surface area (Å²) in [7, 11) is 0. The summed E-state index contributed by atoms with van der Waals surface area (Å²) < 4.78 is 40.0. The van der Waals surface area contributed by atoms with E-state index < -0.39 is 36.3 Å². The molecule has 0 saturated carbocycles. The second-order valence-electron chi connectivity index (χ2n) is 15.1. The largest absolute Gasteiger partial charge is 0.463 e. The molecule has 7 nitrogen and oxygen atoms in total. The molecule has 58 heavy (non-hydrogen) atoms. The highest BCUT2D eigenvalue weighted by atomic mass is 35.5. The van der Waals surface area contributed by atoms with E-state index in [4.69, 9.17) is 40.0 Å². The summed E-state index contributed by atoms with van der Waals surface area (Å²) in [4.78, 5) is 0. The van der Waals surface area contributed by atoms with Gasteiger partial charge in [0, 0.05) is 18.9 Å². The Morgan fingerprint density at radius 1 is 0.552 bits per heavy atom. The van der Waals surface area contributed by atoms with Crippen LogP contribution in [-0.2, 0) is 56.5 Å². The molecule has 1 aliphatic heterocycles. The Balaban J connectivity index is 1.24. The Morgan fingerprint density at radius 3 is 1.55 bits per heavy atom. The summed E-state index contributed by atoms with van der Waals surface area (Å²) in [6, 6.07) is 54.3. The fourth-order valence-electron chi connectivity index (χ4n) is 7.15. The van der Waals surface area contributed by atoms with Gasteiger partial charge >= 0.3 is 0 Å². The Labute approximate surface area is 347 Å². The van der Waals surface area contributed by atoms with Crippen molar-refractivity contribution in [1.82, 2.24) is 0 Å². The summed E-state index contributed by atoms with van der Waals surface area (Å²) in [6.45, 7) is 4.94. The number of hydrogen-bond donors (Lipinski definition) is 1. The molecular weight excluding hydrogens is 748 g/mol. The van der Waals surface area contributed by atoms with Crippen molar-refractivity contribution in [2.45, 2.75) is 83.0 Å². The van der Waals surface area contributed by atoms with Gasteiger partial charge in [-0.05, 0) is 63.6 Å². The first-order chi connectivity index (χ1) is 28.3. The quantitative estimate of drug-likeness (QED) is 0.0868. The highest BCUT2D eigenvalue weighted by Crippen LogP contribution is 2.40. The monoisotopic (exact) mass is 798 g/mol. The summed E-state index contributed by atoms with van der Waals surface area (Å²) in [5, 5.41) is 10.8. The molecule has 300 valence electrons. The fraction of sp³-hybridized carbons (Fsp3) is 0.280. The Morgan fingerprint density at radius 2 is 1.03 bits per heavy atom. The molecule has 1 saturated heterocycles. The van der Waals surface area contributed by atoms with Crippen LogP contribution in [0.2, 0.25) is 5.02 Å². The molecule has 0 unspecified atom stereocenters. The van der Waals surface area contributed by atoms with Gasteiger partial charge in [0.25, 0.3) is 0 Å². The standard InChI is InChI=1S/C50H51ClO7/c1-50(2,52)58-43-26-23-36(24-27-43)29-42-30-41(25-28-44(42)51)46-48(55-33-39-19-11-5-12-20-39)49(56-34-40-21-13-6-14-22-40)47(54-32-38-17-9-4-10-18-38)45(57-46)35-53-31-37-15-7-3-8-16-37/h3-28,30,45-49,52H,29,31-35H2,1-2H3/t45-,46+,47-,48+,49+/m1/s1. The van der Waals surface area contributed by atoms with Crippen molar-refractivity contribution in [3.8, 4) is 5.75 Å². The molecule has 1 N–H and O–H groups in total. The molecule has 7 rings (SSSR count). The minimum atomic E-state index is -1.28. The number of halogens is 1. The number of ether oxygens (including phenoxy) is 6. The van der Waals surface area contributed by atoms with Crippen LogP contribution in [0.4, 0.5) is 0 Å². The van der Waals surface area contributed by atoms with Crippen molar-refractivity contribution in [2.24, 2.45) is 0 Å². The van der Waals surface area contributed by atoms with E-state index in [1.807, 2.05) is 109 Å². The summed E-state index contributed by atoms with van der Waals surface area (Å²) in [5.41, 5.74) is 7.06. The lowest BCUT2D eigenvalue weighted by Crippen LogP contribution is -2.58. The minimum absolute atomic E-state index is 0.265. The lowest BCUT2D eigenvalue weighted by Gasteiger charge is -2.46. The summed E-state index contributed by atoms with van der Waals surface area (Å²) >= 11 is 6.91. The molecule has 1 aliphatic rings. The predicted octanol–water partition coefficient (Wildman–Crippen LogP) is 10.5. The van der Waals surface area contributed by atoms with Gasteiger partial charge in [0.1, 0.15) is 36.3 Å². The molecule has 0 aliphatic carbocycles. The molecule has 8 heteroatoms. The molecule has 0 aromatic heterocycles. The van der Waals surface area contributed by atoms with Crippen LogP contribution in [0.25, 0.3) is 0 Å². The molecule has 0 spiro atoms. The van der Waals surface area contributed by atoms with Crippen LogP contribution in [0.15, 0.2) is 164 Å². The number of benzene rings is 6. The molecule has 6 aromatic rings. The van der Waals surface area contributed by atoms with Crippen molar-refractivity contribution in [1.29, 1.82) is 0 Å². The molecule has 0 amide bonds. The van der Waals surface area contributed by atoms with Crippen LogP contribution in [0.1, 0.15) is 58.9 Å².